The Bertz CT molecular complexity index is 1480. The third-order valence-corrected chi connectivity index (χ3v) is 6.16. The second-order valence-corrected chi connectivity index (χ2v) is 8.87. The Kier molecular flexibility index (Phi) is 5.52. The molecule has 7 nitrogen and oxygen atoms in total. The van der Waals surface area contributed by atoms with Crippen molar-refractivity contribution < 1.29 is 4.79 Å². The standard InChI is InChI=1S/C26H21ClN6O/c1-16-12-32(13-16)26(34)22(29-2)11-17-4-3-5-20(10-17)33-14-21(18-6-8-19(27)9-7-18)23-24(28)30-15-31-25(23)33/h3-11,14-16H,12-13H2,1H3,(H2,28,30,31)/b22-11-. The van der Waals surface area contributed by atoms with Crippen LogP contribution >= 0.6 is 11.6 Å². The Labute approximate surface area is 201 Å². The van der Waals surface area contributed by atoms with Crippen molar-refractivity contribution in [1.82, 2.24) is 19.4 Å². The number of carbonyl (C=O) groups is 1. The molecular formula is C26H21ClN6O. The molecule has 0 atom stereocenters. The van der Waals surface area contributed by atoms with Crippen molar-refractivity contribution in [3.63, 3.8) is 0 Å². The van der Waals surface area contributed by atoms with E-state index in [0.717, 1.165) is 27.8 Å². The zero-order valence-corrected chi connectivity index (χ0v) is 19.2. The summed E-state index contributed by atoms with van der Waals surface area (Å²) >= 11 is 6.07. The Morgan fingerprint density at radius 2 is 1.97 bits per heavy atom. The highest BCUT2D eigenvalue weighted by atomic mass is 35.5. The number of nitrogens with two attached hydrogens (primary N) is 1. The molecule has 1 fully saturated rings. The molecule has 2 N–H and O–H groups in total. The lowest BCUT2D eigenvalue weighted by Gasteiger charge is -2.37. The third-order valence-electron chi connectivity index (χ3n) is 5.91. The van der Waals surface area contributed by atoms with Gasteiger partial charge >= 0.3 is 0 Å². The van der Waals surface area contributed by atoms with Crippen LogP contribution in [0.5, 0.6) is 0 Å². The molecule has 1 saturated heterocycles. The number of nitrogens with zero attached hydrogens (tertiary/aromatic N) is 5. The summed E-state index contributed by atoms with van der Waals surface area (Å²) in [5.74, 6) is 0.635. The van der Waals surface area contributed by atoms with Crippen LogP contribution in [0, 0.1) is 12.5 Å². The van der Waals surface area contributed by atoms with Crippen molar-refractivity contribution in [1.29, 1.82) is 0 Å². The fraction of sp³-hybridized carbons (Fsp3) is 0.154. The van der Waals surface area contributed by atoms with E-state index in [2.05, 4.69) is 21.7 Å². The molecule has 1 aliphatic rings. The second-order valence-electron chi connectivity index (χ2n) is 8.43. The highest BCUT2D eigenvalue weighted by Gasteiger charge is 2.29. The van der Waals surface area contributed by atoms with Gasteiger partial charge in [0.05, 0.1) is 12.0 Å². The van der Waals surface area contributed by atoms with E-state index in [-0.39, 0.29) is 11.6 Å². The van der Waals surface area contributed by atoms with Crippen LogP contribution in [0.3, 0.4) is 0 Å². The van der Waals surface area contributed by atoms with Crippen LogP contribution in [0.25, 0.3) is 38.8 Å². The number of aromatic nitrogens is 3. The Morgan fingerprint density at radius 1 is 1.21 bits per heavy atom. The van der Waals surface area contributed by atoms with Crippen LogP contribution < -0.4 is 5.73 Å². The molecule has 4 aromatic rings. The maximum atomic E-state index is 12.7. The Hall–Kier alpha value is -4.15. The van der Waals surface area contributed by atoms with E-state index in [1.807, 2.05) is 59.3 Å². The first-order valence-electron chi connectivity index (χ1n) is 10.8. The second kappa shape index (κ2) is 8.65. The minimum absolute atomic E-state index is 0.106. The van der Waals surface area contributed by atoms with E-state index in [1.54, 1.807) is 11.0 Å². The monoisotopic (exact) mass is 468 g/mol. The van der Waals surface area contributed by atoms with Gasteiger partial charge in [-0.15, -0.1) is 0 Å². The molecule has 3 heterocycles. The topological polar surface area (TPSA) is 81.4 Å². The maximum Gasteiger partial charge on any atom is 0.252 e. The van der Waals surface area contributed by atoms with E-state index in [4.69, 9.17) is 23.9 Å². The van der Waals surface area contributed by atoms with E-state index in [9.17, 15) is 4.79 Å². The van der Waals surface area contributed by atoms with E-state index in [1.165, 1.54) is 6.33 Å². The van der Waals surface area contributed by atoms with Crippen LogP contribution in [-0.4, -0.2) is 38.4 Å². The fourth-order valence-electron chi connectivity index (χ4n) is 4.22. The summed E-state index contributed by atoms with van der Waals surface area (Å²) in [5, 5.41) is 1.39. The smallest absolute Gasteiger partial charge is 0.252 e. The van der Waals surface area contributed by atoms with Crippen molar-refractivity contribution in [2.75, 3.05) is 18.8 Å². The first kappa shape index (κ1) is 21.7. The molecule has 0 bridgehead atoms. The fourth-order valence-corrected chi connectivity index (χ4v) is 4.35. The predicted octanol–water partition coefficient (Wildman–Crippen LogP) is 5.06. The molecule has 0 saturated carbocycles. The lowest BCUT2D eigenvalue weighted by Crippen LogP contribution is -2.48. The van der Waals surface area contributed by atoms with Crippen LogP contribution in [0.2, 0.25) is 5.02 Å². The maximum absolute atomic E-state index is 12.7. The average Bonchev–Trinajstić information content (AvgIpc) is 3.22. The number of carbonyl (C=O) groups excluding carboxylic acids is 1. The van der Waals surface area contributed by atoms with Crippen molar-refractivity contribution in [3.05, 3.63) is 88.8 Å². The molecular weight excluding hydrogens is 448 g/mol. The van der Waals surface area contributed by atoms with Crippen LogP contribution in [-0.2, 0) is 4.79 Å². The first-order chi connectivity index (χ1) is 16.4. The molecule has 34 heavy (non-hydrogen) atoms. The molecule has 2 aromatic carbocycles. The van der Waals surface area contributed by atoms with Gasteiger partial charge in [0.15, 0.2) is 5.65 Å². The predicted molar refractivity (Wildman–Crippen MR) is 134 cm³/mol. The summed E-state index contributed by atoms with van der Waals surface area (Å²) < 4.78 is 1.94. The number of benzene rings is 2. The normalized spacial score (nSPS) is 14.1. The number of rotatable bonds is 4. The highest BCUT2D eigenvalue weighted by Crippen LogP contribution is 2.35. The molecule has 1 amide bonds. The summed E-state index contributed by atoms with van der Waals surface area (Å²) in [6, 6.07) is 15.1. The number of amides is 1. The van der Waals surface area contributed by atoms with Crippen molar-refractivity contribution >= 4 is 40.4 Å². The summed E-state index contributed by atoms with van der Waals surface area (Å²) in [5.41, 5.74) is 10.4. The summed E-state index contributed by atoms with van der Waals surface area (Å²) in [6.07, 6.45) is 5.04. The van der Waals surface area contributed by atoms with Gasteiger partial charge < -0.3 is 15.2 Å². The number of likely N-dealkylation sites (tertiary alicyclic amines) is 1. The molecule has 2 aromatic heterocycles. The van der Waals surface area contributed by atoms with Crippen molar-refractivity contribution in [3.8, 4) is 16.8 Å². The van der Waals surface area contributed by atoms with Crippen LogP contribution in [0.4, 0.5) is 5.82 Å². The SMILES string of the molecule is [C-]#[N+]/C(=C\c1cccc(-n2cc(-c3ccc(Cl)cc3)c3c(N)ncnc32)c1)C(=O)N1CC(C)C1. The number of fused-ring (bicyclic) bond motifs is 1. The molecule has 0 spiro atoms. The van der Waals surface area contributed by atoms with E-state index < -0.39 is 0 Å². The first-order valence-corrected chi connectivity index (χ1v) is 11.2. The number of halogens is 1. The molecule has 8 heteroatoms. The third kappa shape index (κ3) is 3.89. The van der Waals surface area contributed by atoms with Crippen molar-refractivity contribution in [2.24, 2.45) is 5.92 Å². The van der Waals surface area contributed by atoms with Gasteiger partial charge in [0.1, 0.15) is 12.1 Å². The summed E-state index contributed by atoms with van der Waals surface area (Å²) in [7, 11) is 0. The molecule has 1 aliphatic heterocycles. The lowest BCUT2D eigenvalue weighted by molar-refractivity contribution is -0.132. The molecule has 0 aliphatic carbocycles. The minimum atomic E-state index is -0.226. The van der Waals surface area contributed by atoms with Gasteiger partial charge in [-0.05, 0) is 47.4 Å². The van der Waals surface area contributed by atoms with E-state index in [0.29, 0.717) is 35.5 Å². The summed E-state index contributed by atoms with van der Waals surface area (Å²) in [6.45, 7) is 11.0. The van der Waals surface area contributed by atoms with Gasteiger partial charge in [-0.1, -0.05) is 42.8 Å². The highest BCUT2D eigenvalue weighted by molar-refractivity contribution is 6.30. The molecule has 0 radical (unpaired) electrons. The summed E-state index contributed by atoms with van der Waals surface area (Å²) in [4.78, 5) is 26.5. The number of hydrogen-bond acceptors (Lipinski definition) is 4. The minimum Gasteiger partial charge on any atom is -0.383 e. The zero-order valence-electron chi connectivity index (χ0n) is 18.4. The molecule has 5 rings (SSSR count). The number of anilines is 1. The average molecular weight is 469 g/mol. The Morgan fingerprint density at radius 3 is 2.68 bits per heavy atom. The van der Waals surface area contributed by atoms with Gasteiger partial charge in [0.2, 0.25) is 0 Å². The van der Waals surface area contributed by atoms with Gasteiger partial charge in [-0.3, -0.25) is 4.79 Å². The van der Waals surface area contributed by atoms with Gasteiger partial charge in [-0.2, -0.15) is 0 Å². The van der Waals surface area contributed by atoms with Crippen molar-refractivity contribution in [2.45, 2.75) is 6.92 Å². The molecule has 168 valence electrons. The molecule has 0 unspecified atom stereocenters. The van der Waals surface area contributed by atoms with E-state index >= 15 is 0 Å². The number of hydrogen-bond donors (Lipinski definition) is 1. The van der Waals surface area contributed by atoms with Crippen LogP contribution in [0.1, 0.15) is 12.5 Å². The van der Waals surface area contributed by atoms with Crippen LogP contribution in [0.15, 0.2) is 66.8 Å². The quantitative estimate of drug-likeness (QED) is 0.335. The van der Waals surface area contributed by atoms with Gasteiger partial charge in [0, 0.05) is 35.6 Å². The zero-order chi connectivity index (χ0) is 23.8. The largest absolute Gasteiger partial charge is 0.383 e. The Balaban J connectivity index is 1.58. The lowest BCUT2D eigenvalue weighted by atomic mass is 10.0. The van der Waals surface area contributed by atoms with Gasteiger partial charge in [0.25, 0.3) is 11.6 Å². The number of nitrogen functional groups attached to an aromatic ring is 1. The van der Waals surface area contributed by atoms with Gasteiger partial charge in [-0.25, -0.2) is 14.8 Å².